The number of rotatable bonds is 3. The number of nitrogens with one attached hydrogen (secondary N) is 1. The molecule has 0 saturated heterocycles. The molecule has 2 nitrogen and oxygen atoms in total. The van der Waals surface area contributed by atoms with Gasteiger partial charge in [0.25, 0.3) is 0 Å². The van der Waals surface area contributed by atoms with E-state index in [-0.39, 0.29) is 0 Å². The third-order valence-corrected chi connectivity index (χ3v) is 4.69. The molecule has 0 bridgehead atoms. The predicted octanol–water partition coefficient (Wildman–Crippen LogP) is 2.66. The molecule has 1 saturated carbocycles. The highest BCUT2D eigenvalue weighted by Crippen LogP contribution is 2.27. The van der Waals surface area contributed by atoms with Gasteiger partial charge in [0.05, 0.1) is 5.69 Å². The summed E-state index contributed by atoms with van der Waals surface area (Å²) in [7, 11) is 0. The Morgan fingerprint density at radius 1 is 1.20 bits per heavy atom. The maximum absolute atomic E-state index is 4.74. The molecule has 0 aliphatic heterocycles. The van der Waals surface area contributed by atoms with Crippen molar-refractivity contribution in [2.24, 2.45) is 0 Å². The van der Waals surface area contributed by atoms with Crippen LogP contribution in [0.2, 0.25) is 0 Å². The fraction of sp³-hybridized carbons (Fsp3) is 0.750. The second kappa shape index (κ2) is 4.22. The highest BCUT2D eigenvalue weighted by Gasteiger charge is 2.18. The van der Waals surface area contributed by atoms with Gasteiger partial charge < -0.3 is 5.32 Å². The normalized spacial score (nSPS) is 21.1. The van der Waals surface area contributed by atoms with E-state index >= 15 is 0 Å². The van der Waals surface area contributed by atoms with Crippen molar-refractivity contribution in [3.63, 3.8) is 0 Å². The van der Waals surface area contributed by atoms with Crippen molar-refractivity contribution in [3.8, 4) is 0 Å². The van der Waals surface area contributed by atoms with E-state index in [2.05, 4.69) is 5.32 Å². The third-order valence-electron chi connectivity index (χ3n) is 3.54. The molecule has 2 aliphatic carbocycles. The van der Waals surface area contributed by atoms with Gasteiger partial charge in [0.2, 0.25) is 0 Å². The van der Waals surface area contributed by atoms with Crippen LogP contribution in [0.15, 0.2) is 0 Å². The van der Waals surface area contributed by atoms with Gasteiger partial charge in [-0.1, -0.05) is 6.42 Å². The van der Waals surface area contributed by atoms with Crippen molar-refractivity contribution in [3.05, 3.63) is 15.6 Å². The molecule has 1 fully saturated rings. The topological polar surface area (TPSA) is 24.9 Å². The molecule has 1 aromatic rings. The molecular weight excluding hydrogens is 204 g/mol. The van der Waals surface area contributed by atoms with Gasteiger partial charge in [-0.25, -0.2) is 4.98 Å². The van der Waals surface area contributed by atoms with Crippen LogP contribution < -0.4 is 5.32 Å². The Hall–Kier alpha value is -0.410. The Morgan fingerprint density at radius 2 is 2.07 bits per heavy atom. The first-order chi connectivity index (χ1) is 7.42. The summed E-state index contributed by atoms with van der Waals surface area (Å²) in [5, 5.41) is 4.91. The lowest BCUT2D eigenvalue weighted by atomic mass is 9.93. The minimum absolute atomic E-state index is 0.783. The zero-order valence-corrected chi connectivity index (χ0v) is 9.91. The highest BCUT2D eigenvalue weighted by atomic mass is 32.1. The average Bonchev–Trinajstić information content (AvgIpc) is 2.57. The van der Waals surface area contributed by atoms with E-state index in [1.54, 1.807) is 4.88 Å². The molecule has 3 heteroatoms. The first-order valence-electron chi connectivity index (χ1n) is 6.12. The summed E-state index contributed by atoms with van der Waals surface area (Å²) in [6, 6.07) is 0.783. The first-order valence-corrected chi connectivity index (χ1v) is 6.94. The van der Waals surface area contributed by atoms with Gasteiger partial charge >= 0.3 is 0 Å². The van der Waals surface area contributed by atoms with E-state index in [1.165, 1.54) is 55.6 Å². The molecule has 0 unspecified atom stereocenters. The van der Waals surface area contributed by atoms with Crippen molar-refractivity contribution in [2.75, 3.05) is 0 Å². The van der Waals surface area contributed by atoms with Gasteiger partial charge in [0.1, 0.15) is 5.01 Å². The van der Waals surface area contributed by atoms with E-state index in [0.717, 1.165) is 12.6 Å². The van der Waals surface area contributed by atoms with E-state index in [1.807, 2.05) is 11.3 Å². The Kier molecular flexibility index (Phi) is 2.76. The largest absolute Gasteiger partial charge is 0.308 e. The molecule has 82 valence electrons. The molecule has 0 radical (unpaired) electrons. The Morgan fingerprint density at radius 3 is 2.80 bits per heavy atom. The average molecular weight is 222 g/mol. The number of aromatic nitrogens is 1. The summed E-state index contributed by atoms with van der Waals surface area (Å²) in [6.07, 6.45) is 9.34. The summed E-state index contributed by atoms with van der Waals surface area (Å²) < 4.78 is 0. The molecule has 0 atom stereocenters. The lowest BCUT2D eigenvalue weighted by Gasteiger charge is -2.25. The molecule has 0 aromatic carbocycles. The molecule has 15 heavy (non-hydrogen) atoms. The number of fused-ring (bicyclic) bond motifs is 1. The Balaban J connectivity index is 1.62. The SMILES string of the molecule is C1CCc2sc(CNC3CCC3)nc2C1. The fourth-order valence-electron chi connectivity index (χ4n) is 2.33. The second-order valence-electron chi connectivity index (χ2n) is 4.69. The fourth-order valence-corrected chi connectivity index (χ4v) is 3.43. The Bertz CT molecular complexity index is 318. The highest BCUT2D eigenvalue weighted by molar-refractivity contribution is 7.11. The summed E-state index contributed by atoms with van der Waals surface area (Å²) in [4.78, 5) is 6.30. The van der Waals surface area contributed by atoms with Gasteiger partial charge in [-0.15, -0.1) is 11.3 Å². The standard InChI is InChI=1S/C12H18N2S/c1-2-7-11-10(6-1)14-12(15-11)8-13-9-4-3-5-9/h9,13H,1-8H2. The van der Waals surface area contributed by atoms with Crippen molar-refractivity contribution in [2.45, 2.75) is 57.5 Å². The molecule has 1 heterocycles. The minimum Gasteiger partial charge on any atom is -0.308 e. The van der Waals surface area contributed by atoms with Gasteiger partial charge in [-0.05, 0) is 38.5 Å². The van der Waals surface area contributed by atoms with Crippen molar-refractivity contribution in [1.29, 1.82) is 0 Å². The van der Waals surface area contributed by atoms with Crippen LogP contribution >= 0.6 is 11.3 Å². The van der Waals surface area contributed by atoms with E-state index in [0.29, 0.717) is 0 Å². The first kappa shape index (κ1) is 9.79. The molecule has 2 aliphatic rings. The van der Waals surface area contributed by atoms with Crippen LogP contribution in [0.25, 0.3) is 0 Å². The number of nitrogens with zero attached hydrogens (tertiary/aromatic N) is 1. The van der Waals surface area contributed by atoms with Crippen LogP contribution in [-0.4, -0.2) is 11.0 Å². The number of thiazole rings is 1. The quantitative estimate of drug-likeness (QED) is 0.850. The van der Waals surface area contributed by atoms with Crippen LogP contribution in [0.3, 0.4) is 0 Å². The van der Waals surface area contributed by atoms with Gasteiger partial charge in [0, 0.05) is 17.5 Å². The van der Waals surface area contributed by atoms with Crippen LogP contribution in [0, 0.1) is 0 Å². The summed E-state index contributed by atoms with van der Waals surface area (Å²) in [5.74, 6) is 0. The van der Waals surface area contributed by atoms with Gasteiger partial charge in [0.15, 0.2) is 0 Å². The van der Waals surface area contributed by atoms with E-state index < -0.39 is 0 Å². The van der Waals surface area contributed by atoms with E-state index in [9.17, 15) is 0 Å². The van der Waals surface area contributed by atoms with Gasteiger partial charge in [-0.3, -0.25) is 0 Å². The predicted molar refractivity (Wildman–Crippen MR) is 63.2 cm³/mol. The second-order valence-corrected chi connectivity index (χ2v) is 5.86. The van der Waals surface area contributed by atoms with Crippen molar-refractivity contribution < 1.29 is 0 Å². The van der Waals surface area contributed by atoms with Crippen LogP contribution in [0.5, 0.6) is 0 Å². The molecule has 1 aromatic heterocycles. The number of hydrogen-bond donors (Lipinski definition) is 1. The summed E-state index contributed by atoms with van der Waals surface area (Å²) >= 11 is 1.94. The van der Waals surface area contributed by atoms with Gasteiger partial charge in [-0.2, -0.15) is 0 Å². The Labute approximate surface area is 95.1 Å². The van der Waals surface area contributed by atoms with E-state index in [4.69, 9.17) is 4.98 Å². The molecule has 0 spiro atoms. The summed E-state index contributed by atoms with van der Waals surface area (Å²) in [5.41, 5.74) is 1.40. The molecule has 0 amide bonds. The monoisotopic (exact) mass is 222 g/mol. The van der Waals surface area contributed by atoms with Crippen LogP contribution in [0.4, 0.5) is 0 Å². The summed E-state index contributed by atoms with van der Waals surface area (Å²) in [6.45, 7) is 1.00. The maximum Gasteiger partial charge on any atom is 0.107 e. The molecular formula is C12H18N2S. The number of aryl methyl sites for hydroxylation is 2. The smallest absolute Gasteiger partial charge is 0.107 e. The van der Waals surface area contributed by atoms with Crippen molar-refractivity contribution in [1.82, 2.24) is 10.3 Å². The van der Waals surface area contributed by atoms with Crippen LogP contribution in [0.1, 0.15) is 47.7 Å². The molecule has 3 rings (SSSR count). The zero-order chi connectivity index (χ0) is 10.1. The number of hydrogen-bond acceptors (Lipinski definition) is 3. The van der Waals surface area contributed by atoms with Crippen LogP contribution in [-0.2, 0) is 19.4 Å². The van der Waals surface area contributed by atoms with Crippen molar-refractivity contribution >= 4 is 11.3 Å². The third kappa shape index (κ3) is 2.08. The lowest BCUT2D eigenvalue weighted by molar-refractivity contribution is 0.338. The zero-order valence-electron chi connectivity index (χ0n) is 9.09. The lowest BCUT2D eigenvalue weighted by Crippen LogP contribution is -2.34. The minimum atomic E-state index is 0.783. The maximum atomic E-state index is 4.74. The molecule has 1 N–H and O–H groups in total.